The van der Waals surface area contributed by atoms with E-state index in [1.807, 2.05) is 0 Å². The van der Waals surface area contributed by atoms with Crippen LogP contribution in [0.1, 0.15) is 25.0 Å². The minimum Gasteiger partial charge on any atom is -0.310 e. The highest BCUT2D eigenvalue weighted by atomic mass is 15.1. The summed E-state index contributed by atoms with van der Waals surface area (Å²) in [6, 6.07) is 79.2. The Labute approximate surface area is 335 Å². The average Bonchev–Trinajstić information content (AvgIpc) is 3.50. The van der Waals surface area contributed by atoms with Gasteiger partial charge in [0.1, 0.15) is 0 Å². The second kappa shape index (κ2) is 14.2. The Morgan fingerprint density at radius 2 is 0.719 bits per heavy atom. The van der Waals surface area contributed by atoms with E-state index in [0.29, 0.717) is 0 Å². The van der Waals surface area contributed by atoms with Crippen LogP contribution in [0.3, 0.4) is 0 Å². The lowest BCUT2D eigenvalue weighted by molar-refractivity contribution is 0.660. The predicted octanol–water partition coefficient (Wildman–Crippen LogP) is 15.4. The number of hydrogen-bond acceptors (Lipinski definition) is 2. The summed E-state index contributed by atoms with van der Waals surface area (Å²) in [7, 11) is 0. The first-order valence-electron chi connectivity index (χ1n) is 19.8. The van der Waals surface area contributed by atoms with Gasteiger partial charge in [0.15, 0.2) is 0 Å². The second-order valence-electron chi connectivity index (χ2n) is 15.4. The first kappa shape index (κ1) is 34.3. The molecule has 2 nitrogen and oxygen atoms in total. The van der Waals surface area contributed by atoms with E-state index in [4.69, 9.17) is 0 Å². The molecular formula is C55H42N2. The molecule has 0 spiro atoms. The van der Waals surface area contributed by atoms with Crippen LogP contribution in [0.5, 0.6) is 0 Å². The van der Waals surface area contributed by atoms with Crippen LogP contribution in [-0.2, 0) is 5.41 Å². The molecular weight excluding hydrogens is 689 g/mol. The number of para-hydroxylation sites is 2. The number of hydrogen-bond donors (Lipinski definition) is 0. The highest BCUT2D eigenvalue weighted by Crippen LogP contribution is 2.52. The molecule has 57 heavy (non-hydrogen) atoms. The Balaban J connectivity index is 1.02. The number of fused-ring (bicyclic) bond motifs is 4. The Kier molecular flexibility index (Phi) is 8.53. The molecule has 0 aromatic heterocycles. The van der Waals surface area contributed by atoms with Crippen LogP contribution in [0.2, 0.25) is 0 Å². The summed E-state index contributed by atoms with van der Waals surface area (Å²) in [5.74, 6) is 0. The first-order valence-corrected chi connectivity index (χ1v) is 19.8. The van der Waals surface area contributed by atoms with Crippen LogP contribution >= 0.6 is 0 Å². The highest BCUT2D eigenvalue weighted by Gasteiger charge is 2.37. The maximum absolute atomic E-state index is 2.42. The van der Waals surface area contributed by atoms with Crippen LogP contribution in [0.25, 0.3) is 44.2 Å². The van der Waals surface area contributed by atoms with E-state index < -0.39 is 0 Å². The maximum atomic E-state index is 2.42. The maximum Gasteiger partial charge on any atom is 0.0540 e. The predicted molar refractivity (Wildman–Crippen MR) is 242 cm³/mol. The summed E-state index contributed by atoms with van der Waals surface area (Å²) in [6.07, 6.45) is 0. The van der Waals surface area contributed by atoms with E-state index >= 15 is 0 Å². The van der Waals surface area contributed by atoms with Gasteiger partial charge in [-0.05, 0) is 117 Å². The molecule has 0 unspecified atom stereocenters. The monoisotopic (exact) mass is 730 g/mol. The Morgan fingerprint density at radius 3 is 1.30 bits per heavy atom. The molecule has 272 valence electrons. The van der Waals surface area contributed by atoms with E-state index in [9.17, 15) is 0 Å². The van der Waals surface area contributed by atoms with Crippen molar-refractivity contribution in [3.8, 4) is 33.4 Å². The van der Waals surface area contributed by atoms with Gasteiger partial charge in [-0.1, -0.05) is 166 Å². The normalized spacial score (nSPS) is 12.5. The van der Waals surface area contributed by atoms with Crippen molar-refractivity contribution >= 4 is 44.9 Å². The topological polar surface area (TPSA) is 6.48 Å². The third-order valence-corrected chi connectivity index (χ3v) is 11.6. The molecule has 1 aliphatic rings. The van der Waals surface area contributed by atoms with Gasteiger partial charge in [-0.2, -0.15) is 0 Å². The number of rotatable bonds is 8. The van der Waals surface area contributed by atoms with Crippen LogP contribution in [0.4, 0.5) is 34.1 Å². The summed E-state index contributed by atoms with van der Waals surface area (Å²) in [5.41, 5.74) is 16.7. The minimum atomic E-state index is -0.226. The third-order valence-electron chi connectivity index (χ3n) is 11.6. The summed E-state index contributed by atoms with van der Waals surface area (Å²) < 4.78 is 0. The van der Waals surface area contributed by atoms with Crippen molar-refractivity contribution in [2.45, 2.75) is 19.3 Å². The van der Waals surface area contributed by atoms with Gasteiger partial charge in [-0.3, -0.25) is 0 Å². The molecule has 2 heteroatoms. The van der Waals surface area contributed by atoms with Gasteiger partial charge < -0.3 is 9.80 Å². The van der Waals surface area contributed by atoms with E-state index in [-0.39, 0.29) is 5.41 Å². The van der Waals surface area contributed by atoms with Crippen molar-refractivity contribution in [2.75, 3.05) is 9.80 Å². The molecule has 1 aliphatic carbocycles. The smallest absolute Gasteiger partial charge is 0.0540 e. The second-order valence-corrected chi connectivity index (χ2v) is 15.4. The van der Waals surface area contributed by atoms with E-state index in [0.717, 1.165) is 28.4 Å². The van der Waals surface area contributed by atoms with Crippen LogP contribution < -0.4 is 9.80 Å². The lowest BCUT2D eigenvalue weighted by atomic mass is 9.82. The van der Waals surface area contributed by atoms with Crippen molar-refractivity contribution in [3.63, 3.8) is 0 Å². The van der Waals surface area contributed by atoms with Gasteiger partial charge in [0.2, 0.25) is 0 Å². The molecule has 10 rings (SSSR count). The molecule has 0 saturated carbocycles. The zero-order valence-electron chi connectivity index (χ0n) is 32.2. The van der Waals surface area contributed by atoms with Gasteiger partial charge in [0.05, 0.1) is 5.69 Å². The molecule has 0 aliphatic heterocycles. The van der Waals surface area contributed by atoms with Gasteiger partial charge in [0.25, 0.3) is 0 Å². The third kappa shape index (κ3) is 6.16. The highest BCUT2D eigenvalue weighted by molar-refractivity contribution is 5.99. The Bertz CT molecular complexity index is 2840. The molecule has 0 atom stereocenters. The molecule has 0 bridgehead atoms. The zero-order chi connectivity index (χ0) is 38.3. The van der Waals surface area contributed by atoms with Crippen LogP contribution in [0, 0.1) is 0 Å². The van der Waals surface area contributed by atoms with Crippen molar-refractivity contribution in [1.82, 2.24) is 0 Å². The molecule has 0 fully saturated rings. The molecule has 9 aromatic rings. The molecule has 0 amide bonds. The summed E-state index contributed by atoms with van der Waals surface area (Å²) in [4.78, 5) is 4.79. The molecule has 9 aromatic carbocycles. The minimum absolute atomic E-state index is 0.226. The molecule has 0 radical (unpaired) electrons. The zero-order valence-corrected chi connectivity index (χ0v) is 32.2. The number of anilines is 6. The summed E-state index contributed by atoms with van der Waals surface area (Å²) in [6.45, 7) is 4.75. The van der Waals surface area contributed by atoms with Crippen molar-refractivity contribution in [2.24, 2.45) is 0 Å². The van der Waals surface area contributed by atoms with Crippen molar-refractivity contribution < 1.29 is 0 Å². The molecule has 0 heterocycles. The van der Waals surface area contributed by atoms with Gasteiger partial charge in [-0.15, -0.1) is 0 Å². The van der Waals surface area contributed by atoms with Crippen molar-refractivity contribution in [1.29, 1.82) is 0 Å². The summed E-state index contributed by atoms with van der Waals surface area (Å²) >= 11 is 0. The SMILES string of the molecule is CC1(C)c2cc(N(c3ccccc3)c3ccc(-c4ccc(-c5ccccc5)cc4)cc3)ccc2-c2ccc(N(c3ccccc3)c3cccc4ccccc34)cc21. The standard InChI is InChI=1S/C55H42N2/c1-55(2)52-37-47(56(44-19-8-4-9-20-44)46-31-29-42(30-32-46)41-27-25-40(26-28-41)39-15-6-3-7-16-39)33-35-50(52)51-36-34-48(38-53(51)55)57(45-21-10-5-11-22-45)54-24-14-18-43-17-12-13-23-49(43)54/h3-38H,1-2H3. The Hall–Kier alpha value is -7.16. The van der Waals surface area contributed by atoms with Gasteiger partial charge in [0, 0.05) is 39.2 Å². The fourth-order valence-electron chi connectivity index (χ4n) is 8.71. The van der Waals surface area contributed by atoms with Crippen LogP contribution in [0.15, 0.2) is 218 Å². The average molecular weight is 731 g/mol. The van der Waals surface area contributed by atoms with Gasteiger partial charge in [-0.25, -0.2) is 0 Å². The largest absolute Gasteiger partial charge is 0.310 e. The van der Waals surface area contributed by atoms with E-state index in [2.05, 4.69) is 242 Å². The molecule has 0 N–H and O–H groups in total. The van der Waals surface area contributed by atoms with Crippen molar-refractivity contribution in [3.05, 3.63) is 230 Å². The van der Waals surface area contributed by atoms with E-state index in [1.54, 1.807) is 0 Å². The summed E-state index contributed by atoms with van der Waals surface area (Å²) in [5, 5.41) is 2.46. The quantitative estimate of drug-likeness (QED) is 0.154. The fraction of sp³-hybridized carbons (Fsp3) is 0.0545. The molecule has 0 saturated heterocycles. The van der Waals surface area contributed by atoms with Gasteiger partial charge >= 0.3 is 0 Å². The Morgan fingerprint density at radius 1 is 0.316 bits per heavy atom. The first-order chi connectivity index (χ1) is 28.0. The lowest BCUT2D eigenvalue weighted by Gasteiger charge is -2.29. The number of nitrogens with zero attached hydrogens (tertiary/aromatic N) is 2. The van der Waals surface area contributed by atoms with Crippen LogP contribution in [-0.4, -0.2) is 0 Å². The van der Waals surface area contributed by atoms with E-state index in [1.165, 1.54) is 61.0 Å². The fourth-order valence-corrected chi connectivity index (χ4v) is 8.71. The number of benzene rings is 9. The lowest BCUT2D eigenvalue weighted by Crippen LogP contribution is -2.17.